The van der Waals surface area contributed by atoms with Gasteiger partial charge >= 0.3 is 6.03 Å². The number of amides is 2. The number of carbonyl (C=O) groups excluding carboxylic acids is 1. The fourth-order valence-corrected chi connectivity index (χ4v) is 3.45. The van der Waals surface area contributed by atoms with Crippen LogP contribution in [-0.2, 0) is 0 Å². The van der Waals surface area contributed by atoms with E-state index in [1.54, 1.807) is 0 Å². The highest BCUT2D eigenvalue weighted by atomic mass is 80.0. The van der Waals surface area contributed by atoms with Gasteiger partial charge in [0, 0.05) is 13.1 Å². The van der Waals surface area contributed by atoms with Gasteiger partial charge in [0.1, 0.15) is 0 Å². The lowest BCUT2D eigenvalue weighted by atomic mass is 10.1. The number of hydrogen-bond acceptors (Lipinski definition) is 1. The quantitative estimate of drug-likeness (QED) is 0.623. The molecule has 0 saturated carbocycles. The fourth-order valence-electron chi connectivity index (χ4n) is 2.31. The molecule has 0 bridgehead atoms. The maximum absolute atomic E-state index is 12.4. The minimum Gasteiger partial charge on any atom is -0.328 e. The van der Waals surface area contributed by atoms with Gasteiger partial charge in [0.15, 0.2) is 2.14 Å². The lowest BCUT2D eigenvalue weighted by molar-refractivity contribution is 0.183. The number of nitrogens with zero attached hydrogens (tertiary/aromatic N) is 1. The number of nitrogens with one attached hydrogen (secondary N) is 1. The van der Waals surface area contributed by atoms with Crippen LogP contribution in [0.15, 0.2) is 30.3 Å². The molecule has 0 aliphatic carbocycles. The van der Waals surface area contributed by atoms with Gasteiger partial charge in [-0.3, -0.25) is 0 Å². The lowest BCUT2D eigenvalue weighted by Gasteiger charge is -2.32. The molecule has 3 nitrogen and oxygen atoms in total. The van der Waals surface area contributed by atoms with E-state index in [1.807, 2.05) is 35.2 Å². The molecule has 0 spiro atoms. The van der Waals surface area contributed by atoms with Crippen molar-refractivity contribution < 1.29 is 4.79 Å². The summed E-state index contributed by atoms with van der Waals surface area (Å²) in [6.45, 7) is 1.68. The maximum Gasteiger partial charge on any atom is 0.317 e. The summed E-state index contributed by atoms with van der Waals surface area (Å²) >= 11 is 10.6. The normalized spacial score (nSPS) is 17.6. The van der Waals surface area contributed by atoms with E-state index in [4.69, 9.17) is 0 Å². The Hall–Kier alpha value is -0.0700. The van der Waals surface area contributed by atoms with Gasteiger partial charge in [0.25, 0.3) is 0 Å². The first kappa shape index (κ1) is 16.3. The largest absolute Gasteiger partial charge is 0.328 e. The summed E-state index contributed by atoms with van der Waals surface area (Å²) in [6, 6.07) is 9.67. The van der Waals surface area contributed by atoms with Crippen LogP contribution in [0.5, 0.6) is 0 Å². The molecule has 1 N–H and O–H groups in total. The van der Waals surface area contributed by atoms with E-state index < -0.39 is 2.14 Å². The second kappa shape index (κ2) is 7.27. The predicted molar refractivity (Wildman–Crippen MR) is 92.7 cm³/mol. The molecule has 1 aromatic carbocycles. The second-order valence-electron chi connectivity index (χ2n) is 4.88. The van der Waals surface area contributed by atoms with Gasteiger partial charge in [0.05, 0.1) is 6.04 Å². The highest BCUT2D eigenvalue weighted by Gasteiger charge is 2.34. The number of alkyl halides is 3. The van der Waals surface area contributed by atoms with Crippen LogP contribution in [-0.4, -0.2) is 26.2 Å². The van der Waals surface area contributed by atoms with Crippen LogP contribution in [0, 0.1) is 0 Å². The van der Waals surface area contributed by atoms with Crippen LogP contribution in [0.3, 0.4) is 0 Å². The molecule has 0 radical (unpaired) electrons. The van der Waals surface area contributed by atoms with Crippen molar-refractivity contribution in [3.8, 4) is 0 Å². The van der Waals surface area contributed by atoms with Crippen LogP contribution in [0.2, 0.25) is 0 Å². The van der Waals surface area contributed by atoms with Crippen molar-refractivity contribution in [2.45, 2.75) is 27.4 Å². The van der Waals surface area contributed by atoms with E-state index in [9.17, 15) is 4.79 Å². The van der Waals surface area contributed by atoms with Crippen LogP contribution >= 0.6 is 47.8 Å². The van der Waals surface area contributed by atoms with E-state index in [2.05, 4.69) is 53.1 Å². The van der Waals surface area contributed by atoms with Crippen LogP contribution in [0.1, 0.15) is 30.9 Å². The average Bonchev–Trinajstić information content (AvgIpc) is 2.45. The third-order valence-electron chi connectivity index (χ3n) is 3.37. The molecule has 1 atom stereocenters. The van der Waals surface area contributed by atoms with Gasteiger partial charge in [0.2, 0.25) is 0 Å². The van der Waals surface area contributed by atoms with Crippen molar-refractivity contribution >= 4 is 53.8 Å². The number of benzene rings is 1. The summed E-state index contributed by atoms with van der Waals surface area (Å²) in [5, 5.41) is 3.09. The molecule has 2 rings (SSSR count). The van der Waals surface area contributed by atoms with Gasteiger partial charge in [-0.1, -0.05) is 78.1 Å². The first-order valence-electron chi connectivity index (χ1n) is 6.65. The van der Waals surface area contributed by atoms with Crippen LogP contribution in [0.25, 0.3) is 0 Å². The monoisotopic (exact) mass is 466 g/mol. The average molecular weight is 469 g/mol. The summed E-state index contributed by atoms with van der Waals surface area (Å²) in [5.74, 6) is 0. The highest BCUT2D eigenvalue weighted by molar-refractivity contribution is 9.39. The van der Waals surface area contributed by atoms with E-state index in [0.29, 0.717) is 0 Å². The summed E-state index contributed by atoms with van der Waals surface area (Å²) in [6.07, 6.45) is 3.39. The third kappa shape index (κ3) is 4.46. The van der Waals surface area contributed by atoms with Crippen molar-refractivity contribution in [2.24, 2.45) is 0 Å². The van der Waals surface area contributed by atoms with E-state index in [-0.39, 0.29) is 12.1 Å². The molecular formula is C14H17Br3N2O. The number of halogens is 3. The Balaban J connectivity index is 2.10. The standard InChI is InChI=1S/C14H17Br3N2O/c15-14(16,17)12(11-7-3-1-4-8-11)18-13(20)19-9-5-2-6-10-19/h1,3-4,7-8,12H,2,5-6,9-10H2,(H,18,20). The molecule has 0 aromatic heterocycles. The van der Waals surface area contributed by atoms with Crippen LogP contribution < -0.4 is 5.32 Å². The molecule has 1 aliphatic heterocycles. The summed E-state index contributed by atoms with van der Waals surface area (Å²) in [7, 11) is 0. The van der Waals surface area contributed by atoms with Crippen molar-refractivity contribution in [3.63, 3.8) is 0 Å². The molecule has 2 amide bonds. The Labute approximate surface area is 144 Å². The van der Waals surface area contributed by atoms with Gasteiger partial charge in [-0.15, -0.1) is 0 Å². The number of carbonyl (C=O) groups is 1. The molecule has 110 valence electrons. The van der Waals surface area contributed by atoms with Crippen molar-refractivity contribution in [1.82, 2.24) is 10.2 Å². The third-order valence-corrected chi connectivity index (χ3v) is 4.74. The Morgan fingerprint density at radius 1 is 1.10 bits per heavy atom. The Kier molecular flexibility index (Phi) is 5.93. The Morgan fingerprint density at radius 2 is 1.70 bits per heavy atom. The van der Waals surface area contributed by atoms with Crippen molar-refractivity contribution in [2.75, 3.05) is 13.1 Å². The van der Waals surface area contributed by atoms with Crippen molar-refractivity contribution in [3.05, 3.63) is 35.9 Å². The van der Waals surface area contributed by atoms with Crippen LogP contribution in [0.4, 0.5) is 4.79 Å². The van der Waals surface area contributed by atoms with Crippen molar-refractivity contribution in [1.29, 1.82) is 0 Å². The highest BCUT2D eigenvalue weighted by Crippen LogP contribution is 2.45. The van der Waals surface area contributed by atoms with Gasteiger partial charge < -0.3 is 10.2 Å². The van der Waals surface area contributed by atoms with E-state index in [0.717, 1.165) is 31.5 Å². The molecule has 6 heteroatoms. The van der Waals surface area contributed by atoms with Gasteiger partial charge in [-0.2, -0.15) is 0 Å². The molecule has 1 saturated heterocycles. The Morgan fingerprint density at radius 3 is 2.25 bits per heavy atom. The summed E-state index contributed by atoms with van der Waals surface area (Å²) in [5.41, 5.74) is 1.03. The maximum atomic E-state index is 12.4. The molecule has 1 heterocycles. The molecule has 20 heavy (non-hydrogen) atoms. The van der Waals surface area contributed by atoms with E-state index in [1.165, 1.54) is 6.42 Å². The molecule has 1 unspecified atom stereocenters. The molecule has 1 aromatic rings. The number of likely N-dealkylation sites (tertiary alicyclic amines) is 1. The minimum atomic E-state index is -0.570. The minimum absolute atomic E-state index is 0.0127. The molecule has 1 aliphatic rings. The zero-order valence-electron chi connectivity index (χ0n) is 11.0. The Bertz CT molecular complexity index is 441. The molecule has 1 fully saturated rings. The summed E-state index contributed by atoms with van der Waals surface area (Å²) < 4.78 is -0.570. The van der Waals surface area contributed by atoms with E-state index >= 15 is 0 Å². The smallest absolute Gasteiger partial charge is 0.317 e. The zero-order valence-corrected chi connectivity index (χ0v) is 15.7. The topological polar surface area (TPSA) is 32.3 Å². The van der Waals surface area contributed by atoms with Gasteiger partial charge in [-0.25, -0.2) is 4.79 Å². The first-order valence-corrected chi connectivity index (χ1v) is 9.03. The lowest BCUT2D eigenvalue weighted by Crippen LogP contribution is -2.46. The fraction of sp³-hybridized carbons (Fsp3) is 0.500. The number of urea groups is 1. The first-order chi connectivity index (χ1) is 9.48. The predicted octanol–water partition coefficient (Wildman–Crippen LogP) is 4.76. The molecular weight excluding hydrogens is 452 g/mol. The van der Waals surface area contributed by atoms with Gasteiger partial charge in [-0.05, 0) is 24.8 Å². The second-order valence-corrected chi connectivity index (χ2v) is 11.8. The zero-order chi connectivity index (χ0) is 14.6. The number of rotatable bonds is 2. The number of piperidine rings is 1. The SMILES string of the molecule is O=C(NC(c1ccccc1)C(Br)(Br)Br)N1CCCCC1. The number of hydrogen-bond donors (Lipinski definition) is 1. The summed E-state index contributed by atoms with van der Waals surface area (Å²) in [4.78, 5) is 14.3.